The summed E-state index contributed by atoms with van der Waals surface area (Å²) in [5, 5.41) is 11.7. The van der Waals surface area contributed by atoms with Crippen LogP contribution in [0.3, 0.4) is 0 Å². The highest BCUT2D eigenvalue weighted by Gasteiger charge is 2.14. The summed E-state index contributed by atoms with van der Waals surface area (Å²) in [7, 11) is 0. The Labute approximate surface area is 165 Å². The number of nitrogens with one attached hydrogen (secondary N) is 1. The van der Waals surface area contributed by atoms with Crippen molar-refractivity contribution in [3.63, 3.8) is 0 Å². The standard InChI is InChI=1S/C23H24N4O/c1-2-17-5-11-20(12-6-17)24-23(28)19-9-7-18(8-10-19)21-13-14-22(26-25-21)27-15-3-4-16-27/h5-14H,2-4,15-16H2,1H3,(H,24,28). The molecule has 3 aromatic rings. The van der Waals surface area contributed by atoms with Gasteiger partial charge in [-0.15, -0.1) is 10.2 Å². The van der Waals surface area contributed by atoms with Gasteiger partial charge in [0.2, 0.25) is 0 Å². The van der Waals surface area contributed by atoms with Crippen LogP contribution in [0, 0.1) is 0 Å². The van der Waals surface area contributed by atoms with Gasteiger partial charge in [-0.1, -0.05) is 31.2 Å². The predicted octanol–water partition coefficient (Wildman–Crippen LogP) is 4.56. The Balaban J connectivity index is 1.43. The summed E-state index contributed by atoms with van der Waals surface area (Å²) in [6, 6.07) is 19.4. The number of aromatic nitrogens is 2. The lowest BCUT2D eigenvalue weighted by molar-refractivity contribution is 0.102. The van der Waals surface area contributed by atoms with Crippen LogP contribution in [0.1, 0.15) is 35.7 Å². The smallest absolute Gasteiger partial charge is 0.255 e. The molecule has 0 saturated carbocycles. The minimum absolute atomic E-state index is 0.119. The van der Waals surface area contributed by atoms with Crippen molar-refractivity contribution in [1.82, 2.24) is 10.2 Å². The Hall–Kier alpha value is -3.21. The highest BCUT2D eigenvalue weighted by atomic mass is 16.1. The second-order valence-corrected chi connectivity index (χ2v) is 7.05. The zero-order chi connectivity index (χ0) is 19.3. The van der Waals surface area contributed by atoms with Crippen LogP contribution in [0.4, 0.5) is 11.5 Å². The number of hydrogen-bond acceptors (Lipinski definition) is 4. The van der Waals surface area contributed by atoms with Gasteiger partial charge in [-0.05, 0) is 61.2 Å². The molecule has 2 aromatic carbocycles. The zero-order valence-corrected chi connectivity index (χ0v) is 16.1. The molecule has 0 bridgehead atoms. The first-order chi connectivity index (χ1) is 13.7. The number of amides is 1. The zero-order valence-electron chi connectivity index (χ0n) is 16.1. The van der Waals surface area contributed by atoms with E-state index in [2.05, 4.69) is 27.3 Å². The van der Waals surface area contributed by atoms with Crippen LogP contribution < -0.4 is 10.2 Å². The largest absolute Gasteiger partial charge is 0.355 e. The van der Waals surface area contributed by atoms with E-state index in [9.17, 15) is 4.79 Å². The Morgan fingerprint density at radius 1 is 0.929 bits per heavy atom. The van der Waals surface area contributed by atoms with Gasteiger partial charge in [-0.2, -0.15) is 0 Å². The lowest BCUT2D eigenvalue weighted by Crippen LogP contribution is -2.19. The highest BCUT2D eigenvalue weighted by Crippen LogP contribution is 2.22. The fourth-order valence-electron chi connectivity index (χ4n) is 3.41. The Kier molecular flexibility index (Phi) is 5.33. The Morgan fingerprint density at radius 3 is 2.25 bits per heavy atom. The summed E-state index contributed by atoms with van der Waals surface area (Å²) in [4.78, 5) is 14.7. The van der Waals surface area contributed by atoms with E-state index in [0.717, 1.165) is 42.3 Å². The van der Waals surface area contributed by atoms with Crippen molar-refractivity contribution in [2.75, 3.05) is 23.3 Å². The summed E-state index contributed by atoms with van der Waals surface area (Å²) in [5.41, 5.74) is 4.42. The third kappa shape index (κ3) is 4.03. The Bertz CT molecular complexity index is 928. The number of hydrogen-bond donors (Lipinski definition) is 1. The van der Waals surface area contributed by atoms with Gasteiger partial charge >= 0.3 is 0 Å². The minimum Gasteiger partial charge on any atom is -0.355 e. The number of anilines is 2. The van der Waals surface area contributed by atoms with E-state index in [4.69, 9.17) is 0 Å². The van der Waals surface area contributed by atoms with E-state index < -0.39 is 0 Å². The molecule has 142 valence electrons. The van der Waals surface area contributed by atoms with Gasteiger partial charge in [0.15, 0.2) is 5.82 Å². The molecular weight excluding hydrogens is 348 g/mol. The molecule has 0 atom stereocenters. The molecule has 5 heteroatoms. The van der Waals surface area contributed by atoms with Crippen LogP contribution in [-0.2, 0) is 6.42 Å². The van der Waals surface area contributed by atoms with Gasteiger partial charge in [0.25, 0.3) is 5.91 Å². The van der Waals surface area contributed by atoms with Crippen molar-refractivity contribution in [3.8, 4) is 11.3 Å². The van der Waals surface area contributed by atoms with Crippen molar-refractivity contribution in [2.45, 2.75) is 26.2 Å². The summed E-state index contributed by atoms with van der Waals surface area (Å²) in [5.74, 6) is 0.817. The quantitative estimate of drug-likeness (QED) is 0.713. The van der Waals surface area contributed by atoms with E-state index in [1.165, 1.54) is 18.4 Å². The lowest BCUT2D eigenvalue weighted by atomic mass is 10.1. The summed E-state index contributed by atoms with van der Waals surface area (Å²) >= 11 is 0. The lowest BCUT2D eigenvalue weighted by Gasteiger charge is -2.15. The molecule has 4 rings (SSSR count). The van der Waals surface area contributed by atoms with Crippen LogP contribution in [0.2, 0.25) is 0 Å². The second kappa shape index (κ2) is 8.21. The van der Waals surface area contributed by atoms with Crippen molar-refractivity contribution in [1.29, 1.82) is 0 Å². The van der Waals surface area contributed by atoms with Crippen molar-refractivity contribution < 1.29 is 4.79 Å². The van der Waals surface area contributed by atoms with Crippen molar-refractivity contribution in [2.24, 2.45) is 0 Å². The van der Waals surface area contributed by atoms with Gasteiger partial charge in [-0.25, -0.2) is 0 Å². The third-order valence-corrected chi connectivity index (χ3v) is 5.14. The molecule has 1 aliphatic rings. The first-order valence-corrected chi connectivity index (χ1v) is 9.82. The maximum Gasteiger partial charge on any atom is 0.255 e. The maximum atomic E-state index is 12.5. The average molecular weight is 372 g/mol. The first-order valence-electron chi connectivity index (χ1n) is 9.82. The van der Waals surface area contributed by atoms with E-state index in [1.54, 1.807) is 0 Å². The summed E-state index contributed by atoms with van der Waals surface area (Å²) in [6.07, 6.45) is 3.42. The van der Waals surface area contributed by atoms with Crippen LogP contribution in [0.15, 0.2) is 60.7 Å². The van der Waals surface area contributed by atoms with E-state index in [0.29, 0.717) is 5.56 Å². The molecule has 1 aromatic heterocycles. The molecule has 0 spiro atoms. The van der Waals surface area contributed by atoms with E-state index >= 15 is 0 Å². The molecular formula is C23H24N4O. The van der Waals surface area contributed by atoms with Crippen LogP contribution >= 0.6 is 0 Å². The normalized spacial score (nSPS) is 13.5. The SMILES string of the molecule is CCc1ccc(NC(=O)c2ccc(-c3ccc(N4CCCC4)nn3)cc2)cc1. The molecule has 5 nitrogen and oxygen atoms in total. The molecule has 0 radical (unpaired) electrons. The number of carbonyl (C=O) groups is 1. The second-order valence-electron chi connectivity index (χ2n) is 7.05. The van der Waals surface area contributed by atoms with Crippen LogP contribution in [0.25, 0.3) is 11.3 Å². The van der Waals surface area contributed by atoms with Gasteiger partial charge in [0.05, 0.1) is 5.69 Å². The third-order valence-electron chi connectivity index (χ3n) is 5.14. The van der Waals surface area contributed by atoms with Gasteiger partial charge in [0.1, 0.15) is 0 Å². The average Bonchev–Trinajstić information content (AvgIpc) is 3.29. The fourth-order valence-corrected chi connectivity index (χ4v) is 3.41. The molecule has 28 heavy (non-hydrogen) atoms. The molecule has 1 N–H and O–H groups in total. The highest BCUT2D eigenvalue weighted by molar-refractivity contribution is 6.04. The minimum atomic E-state index is -0.119. The fraction of sp³-hybridized carbons (Fsp3) is 0.261. The number of carbonyl (C=O) groups excluding carboxylic acids is 1. The monoisotopic (exact) mass is 372 g/mol. The molecule has 1 amide bonds. The molecule has 1 fully saturated rings. The molecule has 1 aliphatic heterocycles. The van der Waals surface area contributed by atoms with Crippen LogP contribution in [-0.4, -0.2) is 29.2 Å². The van der Waals surface area contributed by atoms with Gasteiger partial charge < -0.3 is 10.2 Å². The van der Waals surface area contributed by atoms with E-state index in [-0.39, 0.29) is 5.91 Å². The number of nitrogens with zero attached hydrogens (tertiary/aromatic N) is 3. The molecule has 0 aliphatic carbocycles. The Morgan fingerprint density at radius 2 is 1.64 bits per heavy atom. The molecule has 2 heterocycles. The van der Waals surface area contributed by atoms with Gasteiger partial charge in [0, 0.05) is 29.9 Å². The van der Waals surface area contributed by atoms with Crippen molar-refractivity contribution >= 4 is 17.4 Å². The number of benzene rings is 2. The molecule has 1 saturated heterocycles. The first kappa shape index (κ1) is 18.2. The summed E-state index contributed by atoms with van der Waals surface area (Å²) in [6.45, 7) is 4.22. The summed E-state index contributed by atoms with van der Waals surface area (Å²) < 4.78 is 0. The number of rotatable bonds is 5. The van der Waals surface area contributed by atoms with Crippen LogP contribution in [0.5, 0.6) is 0 Å². The van der Waals surface area contributed by atoms with Gasteiger partial charge in [-0.3, -0.25) is 4.79 Å². The van der Waals surface area contributed by atoms with Crippen molar-refractivity contribution in [3.05, 3.63) is 71.8 Å². The molecule has 0 unspecified atom stereocenters. The predicted molar refractivity (Wildman–Crippen MR) is 113 cm³/mol. The van der Waals surface area contributed by atoms with E-state index in [1.807, 2.05) is 60.7 Å². The maximum absolute atomic E-state index is 12.5. The number of aryl methyl sites for hydroxylation is 1. The topological polar surface area (TPSA) is 58.1 Å².